The van der Waals surface area contributed by atoms with Gasteiger partial charge in [0.05, 0.1) is 11.8 Å². The third-order valence-electron chi connectivity index (χ3n) is 3.44. The third kappa shape index (κ3) is 2.67. The predicted molar refractivity (Wildman–Crippen MR) is 86.9 cm³/mol. The summed E-state index contributed by atoms with van der Waals surface area (Å²) >= 11 is 0. The van der Waals surface area contributed by atoms with Crippen LogP contribution in [0, 0.1) is 0 Å². The number of sulfonamides is 1. The minimum Gasteiger partial charge on any atom is -0.364 e. The first kappa shape index (κ1) is 15.9. The van der Waals surface area contributed by atoms with Crippen molar-refractivity contribution in [1.82, 2.24) is 19.5 Å². The standard InChI is InChI=1S/C14H14N6O3S/c1-19-7-13(17-8-19)24(22,23)20(2)12-4-3-9-6-16-11(14(15)21)5-10(9)18-12/h3-8H,1-2H3,(H2,15,21). The van der Waals surface area contributed by atoms with E-state index in [2.05, 4.69) is 15.0 Å². The lowest BCUT2D eigenvalue weighted by Crippen LogP contribution is -2.27. The molecule has 0 aliphatic carbocycles. The first-order valence-corrected chi connectivity index (χ1v) is 8.26. The number of anilines is 1. The number of amides is 1. The third-order valence-corrected chi connectivity index (χ3v) is 5.09. The van der Waals surface area contributed by atoms with Crippen molar-refractivity contribution in [2.24, 2.45) is 12.8 Å². The van der Waals surface area contributed by atoms with Gasteiger partial charge in [-0.3, -0.25) is 14.1 Å². The molecule has 10 heteroatoms. The fourth-order valence-electron chi connectivity index (χ4n) is 2.10. The van der Waals surface area contributed by atoms with Crippen LogP contribution in [0.1, 0.15) is 10.5 Å². The Bertz CT molecular complexity index is 1040. The van der Waals surface area contributed by atoms with Gasteiger partial charge in [-0.25, -0.2) is 9.97 Å². The number of nitrogens with two attached hydrogens (primary N) is 1. The number of fused-ring (bicyclic) bond motifs is 1. The van der Waals surface area contributed by atoms with Crippen molar-refractivity contribution in [2.75, 3.05) is 11.4 Å². The van der Waals surface area contributed by atoms with Gasteiger partial charge >= 0.3 is 0 Å². The molecule has 24 heavy (non-hydrogen) atoms. The van der Waals surface area contributed by atoms with Crippen LogP contribution in [-0.2, 0) is 17.1 Å². The highest BCUT2D eigenvalue weighted by Crippen LogP contribution is 2.22. The van der Waals surface area contributed by atoms with E-state index in [1.807, 2.05) is 0 Å². The van der Waals surface area contributed by atoms with Crippen molar-refractivity contribution >= 4 is 32.7 Å². The molecule has 3 heterocycles. The Morgan fingerprint density at radius 3 is 2.67 bits per heavy atom. The van der Waals surface area contributed by atoms with E-state index in [9.17, 15) is 13.2 Å². The fraction of sp³-hybridized carbons (Fsp3) is 0.143. The maximum Gasteiger partial charge on any atom is 0.284 e. The topological polar surface area (TPSA) is 124 Å². The summed E-state index contributed by atoms with van der Waals surface area (Å²) in [5, 5.41) is 0.578. The van der Waals surface area contributed by atoms with E-state index in [1.54, 1.807) is 23.7 Å². The van der Waals surface area contributed by atoms with E-state index < -0.39 is 15.9 Å². The Hall–Kier alpha value is -3.01. The van der Waals surface area contributed by atoms with E-state index in [-0.39, 0.29) is 16.5 Å². The average molecular weight is 346 g/mol. The molecule has 0 aromatic carbocycles. The van der Waals surface area contributed by atoms with Crippen LogP contribution in [0.25, 0.3) is 10.9 Å². The van der Waals surface area contributed by atoms with Crippen LogP contribution < -0.4 is 10.0 Å². The quantitative estimate of drug-likeness (QED) is 0.724. The van der Waals surface area contributed by atoms with Gasteiger partial charge < -0.3 is 10.3 Å². The number of hydrogen-bond acceptors (Lipinski definition) is 6. The highest BCUT2D eigenvalue weighted by Gasteiger charge is 2.24. The molecule has 1 amide bonds. The minimum atomic E-state index is -3.83. The molecule has 3 aromatic rings. The van der Waals surface area contributed by atoms with Crippen molar-refractivity contribution in [2.45, 2.75) is 5.03 Å². The molecule has 124 valence electrons. The number of aromatic nitrogens is 4. The van der Waals surface area contributed by atoms with Crippen LogP contribution in [0.4, 0.5) is 5.82 Å². The summed E-state index contributed by atoms with van der Waals surface area (Å²) in [7, 11) is -0.772. The van der Waals surface area contributed by atoms with Gasteiger partial charge in [0, 0.05) is 31.9 Å². The number of rotatable bonds is 4. The Balaban J connectivity index is 2.06. The van der Waals surface area contributed by atoms with Gasteiger partial charge in [-0.1, -0.05) is 0 Å². The Labute approximate surface area is 137 Å². The van der Waals surface area contributed by atoms with Crippen molar-refractivity contribution < 1.29 is 13.2 Å². The second-order valence-electron chi connectivity index (χ2n) is 5.15. The molecule has 0 unspecified atom stereocenters. The Kier molecular flexibility index (Phi) is 3.68. The summed E-state index contributed by atoms with van der Waals surface area (Å²) in [5.74, 6) is -0.492. The lowest BCUT2D eigenvalue weighted by atomic mass is 10.2. The monoisotopic (exact) mass is 346 g/mol. The second kappa shape index (κ2) is 5.57. The van der Waals surface area contributed by atoms with Gasteiger partial charge in [-0.2, -0.15) is 8.42 Å². The summed E-state index contributed by atoms with van der Waals surface area (Å²) < 4.78 is 27.7. The SMILES string of the molecule is CN(c1ccc2cnc(C(N)=O)cc2n1)S(=O)(=O)c1cn(C)cn1. The van der Waals surface area contributed by atoms with Gasteiger partial charge in [0.2, 0.25) is 0 Å². The van der Waals surface area contributed by atoms with Crippen molar-refractivity contribution in [3.8, 4) is 0 Å². The second-order valence-corrected chi connectivity index (χ2v) is 7.06. The van der Waals surface area contributed by atoms with Crippen molar-refractivity contribution in [3.05, 3.63) is 42.6 Å². The van der Waals surface area contributed by atoms with E-state index in [1.165, 1.54) is 31.8 Å². The first-order chi connectivity index (χ1) is 11.3. The largest absolute Gasteiger partial charge is 0.364 e. The molecular formula is C14H14N6O3S. The molecule has 9 nitrogen and oxygen atoms in total. The average Bonchev–Trinajstić information content (AvgIpc) is 3.00. The molecule has 0 aliphatic rings. The van der Waals surface area contributed by atoms with E-state index >= 15 is 0 Å². The Morgan fingerprint density at radius 2 is 2.04 bits per heavy atom. The number of primary amides is 1. The highest BCUT2D eigenvalue weighted by atomic mass is 32.2. The van der Waals surface area contributed by atoms with E-state index in [0.717, 1.165) is 4.31 Å². The van der Waals surface area contributed by atoms with Crippen molar-refractivity contribution in [3.63, 3.8) is 0 Å². The molecule has 0 atom stereocenters. The van der Waals surface area contributed by atoms with E-state index in [4.69, 9.17) is 5.73 Å². The smallest absolute Gasteiger partial charge is 0.284 e. The summed E-state index contributed by atoms with van der Waals surface area (Å²) in [6.07, 6.45) is 4.26. The zero-order valence-corrected chi connectivity index (χ0v) is 13.7. The lowest BCUT2D eigenvalue weighted by Gasteiger charge is -2.17. The fourth-order valence-corrected chi connectivity index (χ4v) is 3.21. The number of aryl methyl sites for hydroxylation is 1. The molecule has 0 bridgehead atoms. The number of pyridine rings is 2. The number of carbonyl (C=O) groups is 1. The van der Waals surface area contributed by atoms with Crippen LogP contribution in [0.15, 0.2) is 41.9 Å². The van der Waals surface area contributed by atoms with Gasteiger partial charge in [0.1, 0.15) is 11.5 Å². The van der Waals surface area contributed by atoms with Gasteiger partial charge in [-0.15, -0.1) is 0 Å². The maximum atomic E-state index is 12.6. The van der Waals surface area contributed by atoms with Crippen LogP contribution in [-0.4, -0.2) is 40.9 Å². The molecule has 0 saturated carbocycles. The summed E-state index contributed by atoms with van der Waals surface area (Å²) in [4.78, 5) is 23.3. The molecular weight excluding hydrogens is 332 g/mol. The number of nitrogens with zero attached hydrogens (tertiary/aromatic N) is 5. The van der Waals surface area contributed by atoms with Gasteiger partial charge in [0.15, 0.2) is 5.03 Å². The normalized spacial score (nSPS) is 11.6. The van der Waals surface area contributed by atoms with Crippen LogP contribution in [0.2, 0.25) is 0 Å². The number of imidazole rings is 1. The van der Waals surface area contributed by atoms with Crippen molar-refractivity contribution in [1.29, 1.82) is 0 Å². The van der Waals surface area contributed by atoms with Gasteiger partial charge in [0.25, 0.3) is 15.9 Å². The zero-order valence-electron chi connectivity index (χ0n) is 12.9. The molecule has 0 radical (unpaired) electrons. The highest BCUT2D eigenvalue weighted by molar-refractivity contribution is 7.92. The zero-order chi connectivity index (χ0) is 17.5. The molecule has 0 spiro atoms. The summed E-state index contributed by atoms with van der Waals surface area (Å²) in [5.41, 5.74) is 5.68. The van der Waals surface area contributed by atoms with Crippen LogP contribution in [0.3, 0.4) is 0 Å². The molecule has 0 aliphatic heterocycles. The first-order valence-electron chi connectivity index (χ1n) is 6.82. The maximum absolute atomic E-state index is 12.6. The minimum absolute atomic E-state index is 0.0578. The molecule has 0 fully saturated rings. The molecule has 3 aromatic heterocycles. The summed E-state index contributed by atoms with van der Waals surface area (Å²) in [6, 6.07) is 4.64. The van der Waals surface area contributed by atoms with E-state index in [0.29, 0.717) is 10.9 Å². The van der Waals surface area contributed by atoms with Gasteiger partial charge in [-0.05, 0) is 18.2 Å². The Morgan fingerprint density at radius 1 is 1.29 bits per heavy atom. The van der Waals surface area contributed by atoms with Crippen LogP contribution >= 0.6 is 0 Å². The lowest BCUT2D eigenvalue weighted by molar-refractivity contribution is 0.0995. The van der Waals surface area contributed by atoms with Crippen LogP contribution in [0.5, 0.6) is 0 Å². The molecule has 3 rings (SSSR count). The number of carbonyl (C=O) groups excluding carboxylic acids is 1. The number of hydrogen-bond donors (Lipinski definition) is 1. The summed E-state index contributed by atoms with van der Waals surface area (Å²) in [6.45, 7) is 0. The predicted octanol–water partition coefficient (Wildman–Crippen LogP) is 0.287. The molecule has 0 saturated heterocycles. The molecule has 2 N–H and O–H groups in total.